The van der Waals surface area contributed by atoms with Crippen LogP contribution in [0.15, 0.2) is 24.9 Å². The van der Waals surface area contributed by atoms with Gasteiger partial charge in [-0.1, -0.05) is 24.2 Å². The van der Waals surface area contributed by atoms with Gasteiger partial charge in [0.25, 0.3) is 0 Å². The summed E-state index contributed by atoms with van der Waals surface area (Å²) in [6.45, 7) is 5.51. The SMILES string of the molecule is C=C(Cl)c1ccc(C)nc1. The Bertz CT molecular complexity index is 238. The summed E-state index contributed by atoms with van der Waals surface area (Å²) in [6, 6.07) is 3.81. The zero-order valence-electron chi connectivity index (χ0n) is 5.76. The van der Waals surface area contributed by atoms with E-state index in [2.05, 4.69) is 11.6 Å². The molecule has 10 heavy (non-hydrogen) atoms. The summed E-state index contributed by atoms with van der Waals surface area (Å²) < 4.78 is 0. The van der Waals surface area contributed by atoms with Crippen molar-refractivity contribution in [2.45, 2.75) is 6.92 Å². The molecule has 0 aromatic carbocycles. The third kappa shape index (κ3) is 1.58. The van der Waals surface area contributed by atoms with Crippen molar-refractivity contribution in [2.24, 2.45) is 0 Å². The van der Waals surface area contributed by atoms with Crippen molar-refractivity contribution in [3.63, 3.8) is 0 Å². The molecular formula is C8H8ClN. The number of halogens is 1. The lowest BCUT2D eigenvalue weighted by molar-refractivity contribution is 1.19. The third-order valence-electron chi connectivity index (χ3n) is 1.22. The minimum absolute atomic E-state index is 0.535. The molecule has 0 saturated carbocycles. The van der Waals surface area contributed by atoms with Crippen LogP contribution in [0.3, 0.4) is 0 Å². The fourth-order valence-corrected chi connectivity index (χ4v) is 0.740. The molecule has 2 heteroatoms. The van der Waals surface area contributed by atoms with E-state index in [-0.39, 0.29) is 0 Å². The van der Waals surface area contributed by atoms with Gasteiger partial charge in [0.2, 0.25) is 0 Å². The van der Waals surface area contributed by atoms with Gasteiger partial charge < -0.3 is 0 Å². The monoisotopic (exact) mass is 153 g/mol. The summed E-state index contributed by atoms with van der Waals surface area (Å²) in [5, 5.41) is 0.535. The first kappa shape index (κ1) is 7.29. The molecule has 0 fully saturated rings. The zero-order valence-corrected chi connectivity index (χ0v) is 6.52. The first-order chi connectivity index (χ1) is 4.70. The minimum atomic E-state index is 0.535. The maximum Gasteiger partial charge on any atom is 0.0422 e. The fourth-order valence-electron chi connectivity index (χ4n) is 0.628. The Balaban J connectivity index is 3.00. The number of pyridine rings is 1. The van der Waals surface area contributed by atoms with Crippen molar-refractivity contribution in [1.82, 2.24) is 4.98 Å². The summed E-state index contributed by atoms with van der Waals surface area (Å²) in [7, 11) is 0. The number of nitrogens with zero attached hydrogens (tertiary/aromatic N) is 1. The molecule has 0 N–H and O–H groups in total. The molecule has 1 rings (SSSR count). The van der Waals surface area contributed by atoms with Crippen LogP contribution in [0.4, 0.5) is 0 Å². The van der Waals surface area contributed by atoms with Gasteiger partial charge in [0, 0.05) is 22.5 Å². The average molecular weight is 154 g/mol. The Morgan fingerprint density at radius 3 is 2.70 bits per heavy atom. The normalized spacial score (nSPS) is 9.40. The second-order valence-corrected chi connectivity index (χ2v) is 2.55. The van der Waals surface area contributed by atoms with E-state index in [9.17, 15) is 0 Å². The molecule has 1 heterocycles. The topological polar surface area (TPSA) is 12.9 Å². The van der Waals surface area contributed by atoms with Gasteiger partial charge in [-0.2, -0.15) is 0 Å². The highest BCUT2D eigenvalue weighted by Crippen LogP contribution is 2.14. The Hall–Kier alpha value is -0.820. The number of hydrogen-bond acceptors (Lipinski definition) is 1. The van der Waals surface area contributed by atoms with E-state index in [0.29, 0.717) is 5.03 Å². The van der Waals surface area contributed by atoms with Gasteiger partial charge in [0.05, 0.1) is 0 Å². The lowest BCUT2D eigenvalue weighted by Crippen LogP contribution is -1.81. The van der Waals surface area contributed by atoms with Gasteiger partial charge in [0.1, 0.15) is 0 Å². The maximum atomic E-state index is 5.62. The molecule has 0 aliphatic carbocycles. The van der Waals surface area contributed by atoms with E-state index < -0.39 is 0 Å². The van der Waals surface area contributed by atoms with Crippen molar-refractivity contribution in [3.8, 4) is 0 Å². The Morgan fingerprint density at radius 2 is 2.30 bits per heavy atom. The molecule has 1 aromatic heterocycles. The first-order valence-electron chi connectivity index (χ1n) is 2.97. The van der Waals surface area contributed by atoms with Crippen LogP contribution in [0.1, 0.15) is 11.3 Å². The molecule has 0 atom stereocenters. The molecule has 1 nitrogen and oxygen atoms in total. The highest BCUT2D eigenvalue weighted by atomic mass is 35.5. The average Bonchev–Trinajstić information content (AvgIpc) is 1.88. The van der Waals surface area contributed by atoms with Gasteiger partial charge >= 0.3 is 0 Å². The molecule has 0 aliphatic heterocycles. The van der Waals surface area contributed by atoms with Crippen LogP contribution < -0.4 is 0 Å². The largest absolute Gasteiger partial charge is 0.261 e. The van der Waals surface area contributed by atoms with Crippen LogP contribution in [0, 0.1) is 6.92 Å². The van der Waals surface area contributed by atoms with Crippen LogP contribution in [-0.2, 0) is 0 Å². The summed E-state index contributed by atoms with van der Waals surface area (Å²) in [4.78, 5) is 4.06. The fraction of sp³-hybridized carbons (Fsp3) is 0.125. The Morgan fingerprint density at radius 1 is 1.60 bits per heavy atom. The molecule has 0 saturated heterocycles. The van der Waals surface area contributed by atoms with Crippen molar-refractivity contribution < 1.29 is 0 Å². The molecule has 0 radical (unpaired) electrons. The summed E-state index contributed by atoms with van der Waals surface area (Å²) in [6.07, 6.45) is 1.71. The van der Waals surface area contributed by atoms with Gasteiger partial charge in [-0.05, 0) is 13.0 Å². The van der Waals surface area contributed by atoms with E-state index in [4.69, 9.17) is 11.6 Å². The lowest BCUT2D eigenvalue weighted by atomic mass is 10.2. The molecular weight excluding hydrogens is 146 g/mol. The van der Waals surface area contributed by atoms with E-state index in [1.54, 1.807) is 6.20 Å². The minimum Gasteiger partial charge on any atom is -0.261 e. The van der Waals surface area contributed by atoms with Crippen LogP contribution >= 0.6 is 11.6 Å². The van der Waals surface area contributed by atoms with Crippen molar-refractivity contribution in [1.29, 1.82) is 0 Å². The second-order valence-electron chi connectivity index (χ2n) is 2.09. The van der Waals surface area contributed by atoms with Crippen molar-refractivity contribution >= 4 is 16.6 Å². The van der Waals surface area contributed by atoms with E-state index in [1.807, 2.05) is 19.1 Å². The molecule has 0 unspecified atom stereocenters. The zero-order chi connectivity index (χ0) is 7.56. The third-order valence-corrected chi connectivity index (χ3v) is 1.44. The predicted octanol–water partition coefficient (Wildman–Crippen LogP) is 2.60. The maximum absolute atomic E-state index is 5.62. The second kappa shape index (κ2) is 2.84. The van der Waals surface area contributed by atoms with Crippen LogP contribution in [0.5, 0.6) is 0 Å². The molecule has 1 aromatic rings. The Kier molecular flexibility index (Phi) is 2.07. The summed E-state index contributed by atoms with van der Waals surface area (Å²) in [5.74, 6) is 0. The quantitative estimate of drug-likeness (QED) is 0.605. The smallest absolute Gasteiger partial charge is 0.0422 e. The molecule has 0 aliphatic rings. The van der Waals surface area contributed by atoms with Crippen LogP contribution in [0.2, 0.25) is 0 Å². The number of aromatic nitrogens is 1. The number of hydrogen-bond donors (Lipinski definition) is 0. The standard InChI is InChI=1S/C8H8ClN/c1-6-3-4-8(5-10-6)7(2)9/h3-5H,2H2,1H3. The van der Waals surface area contributed by atoms with Gasteiger partial charge in [-0.15, -0.1) is 0 Å². The lowest BCUT2D eigenvalue weighted by Gasteiger charge is -1.95. The van der Waals surface area contributed by atoms with E-state index >= 15 is 0 Å². The summed E-state index contributed by atoms with van der Waals surface area (Å²) in [5.41, 5.74) is 1.87. The van der Waals surface area contributed by atoms with Gasteiger partial charge in [-0.25, -0.2) is 0 Å². The summed E-state index contributed by atoms with van der Waals surface area (Å²) >= 11 is 5.62. The van der Waals surface area contributed by atoms with Crippen molar-refractivity contribution in [3.05, 3.63) is 36.2 Å². The predicted molar refractivity (Wildman–Crippen MR) is 43.9 cm³/mol. The molecule has 0 amide bonds. The van der Waals surface area contributed by atoms with Crippen molar-refractivity contribution in [2.75, 3.05) is 0 Å². The number of aryl methyl sites for hydroxylation is 1. The first-order valence-corrected chi connectivity index (χ1v) is 3.35. The van der Waals surface area contributed by atoms with E-state index in [0.717, 1.165) is 11.3 Å². The number of rotatable bonds is 1. The van der Waals surface area contributed by atoms with Gasteiger partial charge in [0.15, 0.2) is 0 Å². The van der Waals surface area contributed by atoms with Gasteiger partial charge in [-0.3, -0.25) is 4.98 Å². The van der Waals surface area contributed by atoms with Crippen LogP contribution in [-0.4, -0.2) is 4.98 Å². The molecule has 52 valence electrons. The highest BCUT2D eigenvalue weighted by Gasteiger charge is 1.92. The highest BCUT2D eigenvalue weighted by molar-refractivity contribution is 6.48. The Labute approximate surface area is 65.4 Å². The molecule has 0 spiro atoms. The van der Waals surface area contributed by atoms with Crippen LogP contribution in [0.25, 0.3) is 5.03 Å². The molecule has 0 bridgehead atoms. The van der Waals surface area contributed by atoms with E-state index in [1.165, 1.54) is 0 Å².